The van der Waals surface area contributed by atoms with E-state index in [4.69, 9.17) is 0 Å². The highest BCUT2D eigenvalue weighted by Crippen LogP contribution is 2.16. The summed E-state index contributed by atoms with van der Waals surface area (Å²) in [5, 5.41) is 16.3. The van der Waals surface area contributed by atoms with Crippen LogP contribution in [0.5, 0.6) is 0 Å². The number of fused-ring (bicyclic) bond motifs is 1. The molecule has 7 nitrogen and oxygen atoms in total. The van der Waals surface area contributed by atoms with Crippen molar-refractivity contribution in [3.63, 3.8) is 0 Å². The van der Waals surface area contributed by atoms with E-state index >= 15 is 0 Å². The molecule has 0 spiro atoms. The molecule has 86 valence electrons. The minimum Gasteiger partial charge on any atom is -0.410 e. The predicted octanol–water partition coefficient (Wildman–Crippen LogP) is -0.0332. The molecule has 0 bridgehead atoms. The summed E-state index contributed by atoms with van der Waals surface area (Å²) in [5.41, 5.74) is 0.678. The number of nitrogens with zero attached hydrogens (tertiary/aromatic N) is 3. The van der Waals surface area contributed by atoms with Gasteiger partial charge >= 0.3 is 0 Å². The standard InChI is InChI=1S/C8H10N4O3S/c1-2-9-16(14,15)6-3-4-7-8(5-6)12(13)11-10-7/h3-5,9,13H,2H2,1H3. The minimum absolute atomic E-state index is 0.0689. The number of rotatable bonds is 3. The molecule has 0 aliphatic heterocycles. The summed E-state index contributed by atoms with van der Waals surface area (Å²) in [6, 6.07) is 4.21. The minimum atomic E-state index is -3.53. The third-order valence-corrected chi connectivity index (χ3v) is 3.59. The SMILES string of the molecule is CCNS(=O)(=O)c1ccc2nnn(O)c2c1. The monoisotopic (exact) mass is 242 g/mol. The molecule has 0 radical (unpaired) electrons. The molecular weight excluding hydrogens is 232 g/mol. The average molecular weight is 242 g/mol. The van der Waals surface area contributed by atoms with E-state index in [1.54, 1.807) is 6.92 Å². The zero-order valence-corrected chi connectivity index (χ0v) is 9.27. The van der Waals surface area contributed by atoms with Crippen LogP contribution < -0.4 is 4.72 Å². The van der Waals surface area contributed by atoms with Crippen molar-refractivity contribution in [3.8, 4) is 0 Å². The van der Waals surface area contributed by atoms with Crippen molar-refractivity contribution in [2.75, 3.05) is 6.54 Å². The number of nitrogens with one attached hydrogen (secondary N) is 1. The van der Waals surface area contributed by atoms with Crippen molar-refractivity contribution in [2.45, 2.75) is 11.8 Å². The molecule has 0 aliphatic carbocycles. The molecule has 1 heterocycles. The van der Waals surface area contributed by atoms with Crippen molar-refractivity contribution >= 4 is 21.1 Å². The normalized spacial score (nSPS) is 12.1. The van der Waals surface area contributed by atoms with Gasteiger partial charge in [0, 0.05) is 6.54 Å². The molecule has 0 atom stereocenters. The summed E-state index contributed by atoms with van der Waals surface area (Å²) in [7, 11) is -3.53. The Hall–Kier alpha value is -1.67. The molecule has 2 N–H and O–H groups in total. The van der Waals surface area contributed by atoms with E-state index in [1.165, 1.54) is 18.2 Å². The van der Waals surface area contributed by atoms with E-state index in [2.05, 4.69) is 15.0 Å². The fraction of sp³-hybridized carbons (Fsp3) is 0.250. The van der Waals surface area contributed by atoms with Crippen LogP contribution in [0.25, 0.3) is 11.0 Å². The molecule has 0 amide bonds. The van der Waals surface area contributed by atoms with E-state index in [9.17, 15) is 13.6 Å². The van der Waals surface area contributed by atoms with Crippen LogP contribution in [0.3, 0.4) is 0 Å². The molecule has 0 saturated carbocycles. The van der Waals surface area contributed by atoms with E-state index in [0.29, 0.717) is 16.9 Å². The van der Waals surface area contributed by atoms with Crippen LogP contribution in [0.2, 0.25) is 0 Å². The Labute approximate surface area is 91.7 Å². The second-order valence-electron chi connectivity index (χ2n) is 3.13. The topological polar surface area (TPSA) is 97.1 Å². The molecule has 2 aromatic rings. The molecule has 16 heavy (non-hydrogen) atoms. The van der Waals surface area contributed by atoms with Gasteiger partial charge in [0.15, 0.2) is 0 Å². The van der Waals surface area contributed by atoms with Crippen molar-refractivity contribution in [1.29, 1.82) is 0 Å². The van der Waals surface area contributed by atoms with E-state index < -0.39 is 10.0 Å². The van der Waals surface area contributed by atoms with Gasteiger partial charge in [-0.25, -0.2) is 13.1 Å². The van der Waals surface area contributed by atoms with E-state index in [-0.39, 0.29) is 10.4 Å². The van der Waals surface area contributed by atoms with Gasteiger partial charge < -0.3 is 5.21 Å². The zero-order chi connectivity index (χ0) is 11.8. The van der Waals surface area contributed by atoms with Crippen LogP contribution in [0, 0.1) is 0 Å². The maximum absolute atomic E-state index is 11.7. The van der Waals surface area contributed by atoms with Crippen molar-refractivity contribution in [3.05, 3.63) is 18.2 Å². The Morgan fingerprint density at radius 2 is 2.25 bits per heavy atom. The molecule has 1 aromatic heterocycles. The molecule has 0 aliphatic rings. The van der Waals surface area contributed by atoms with Gasteiger partial charge in [0.25, 0.3) is 0 Å². The first-order valence-electron chi connectivity index (χ1n) is 4.59. The van der Waals surface area contributed by atoms with Gasteiger partial charge in [-0.05, 0) is 23.4 Å². The third-order valence-electron chi connectivity index (χ3n) is 2.04. The molecule has 0 unspecified atom stereocenters. The Kier molecular flexibility index (Phi) is 2.52. The fourth-order valence-corrected chi connectivity index (χ4v) is 2.39. The van der Waals surface area contributed by atoms with Gasteiger partial charge in [-0.1, -0.05) is 11.8 Å². The lowest BCUT2D eigenvalue weighted by Crippen LogP contribution is -2.23. The lowest BCUT2D eigenvalue weighted by atomic mass is 10.3. The van der Waals surface area contributed by atoms with Gasteiger partial charge in [-0.2, -0.15) is 0 Å². The first-order chi connectivity index (χ1) is 7.54. The van der Waals surface area contributed by atoms with Crippen LogP contribution in [0.1, 0.15) is 6.92 Å². The van der Waals surface area contributed by atoms with E-state index in [0.717, 1.165) is 0 Å². The number of sulfonamides is 1. The quantitative estimate of drug-likeness (QED) is 0.736. The summed E-state index contributed by atoms with van der Waals surface area (Å²) in [4.78, 5) is 0.611. The van der Waals surface area contributed by atoms with Crippen molar-refractivity contribution in [1.82, 2.24) is 19.9 Å². The Morgan fingerprint density at radius 1 is 1.50 bits per heavy atom. The molecule has 8 heteroatoms. The van der Waals surface area contributed by atoms with Gasteiger partial charge in [0.05, 0.1) is 4.90 Å². The number of hydrogen-bond donors (Lipinski definition) is 2. The van der Waals surface area contributed by atoms with Crippen LogP contribution in [0.4, 0.5) is 0 Å². The highest BCUT2D eigenvalue weighted by molar-refractivity contribution is 7.89. The summed E-state index contributed by atoms with van der Waals surface area (Å²) >= 11 is 0. The summed E-state index contributed by atoms with van der Waals surface area (Å²) < 4.78 is 25.7. The highest BCUT2D eigenvalue weighted by atomic mass is 32.2. The average Bonchev–Trinajstić information content (AvgIpc) is 2.60. The van der Waals surface area contributed by atoms with Crippen molar-refractivity contribution < 1.29 is 13.6 Å². The van der Waals surface area contributed by atoms with Gasteiger partial charge in [0.1, 0.15) is 11.0 Å². The highest BCUT2D eigenvalue weighted by Gasteiger charge is 2.14. The van der Waals surface area contributed by atoms with E-state index in [1.807, 2.05) is 0 Å². The number of aromatic nitrogens is 3. The maximum Gasteiger partial charge on any atom is 0.240 e. The zero-order valence-electron chi connectivity index (χ0n) is 8.45. The van der Waals surface area contributed by atoms with Crippen LogP contribution in [-0.4, -0.2) is 35.3 Å². The summed E-state index contributed by atoms with van der Waals surface area (Å²) in [6.07, 6.45) is 0. The fourth-order valence-electron chi connectivity index (χ4n) is 1.33. The Bertz CT molecular complexity index is 619. The first-order valence-corrected chi connectivity index (χ1v) is 6.07. The molecule has 0 saturated heterocycles. The van der Waals surface area contributed by atoms with Crippen LogP contribution >= 0.6 is 0 Å². The largest absolute Gasteiger partial charge is 0.410 e. The Morgan fingerprint density at radius 3 is 2.94 bits per heavy atom. The summed E-state index contributed by atoms with van der Waals surface area (Å²) in [5.74, 6) is 0. The third kappa shape index (κ3) is 1.72. The Balaban J connectivity index is 2.58. The smallest absolute Gasteiger partial charge is 0.240 e. The second kappa shape index (κ2) is 3.72. The lowest BCUT2D eigenvalue weighted by molar-refractivity contribution is 0.154. The van der Waals surface area contributed by atoms with Crippen molar-refractivity contribution in [2.24, 2.45) is 0 Å². The van der Waals surface area contributed by atoms with Crippen LogP contribution in [0.15, 0.2) is 23.1 Å². The maximum atomic E-state index is 11.7. The summed E-state index contributed by atoms with van der Waals surface area (Å²) in [6.45, 7) is 1.99. The van der Waals surface area contributed by atoms with Gasteiger partial charge in [-0.15, -0.1) is 5.10 Å². The molecule has 2 rings (SSSR count). The number of hydrogen-bond acceptors (Lipinski definition) is 5. The lowest BCUT2D eigenvalue weighted by Gasteiger charge is -2.03. The van der Waals surface area contributed by atoms with Gasteiger partial charge in [-0.3, -0.25) is 0 Å². The second-order valence-corrected chi connectivity index (χ2v) is 4.90. The molecule has 1 aromatic carbocycles. The molecular formula is C8H10N4O3S. The van der Waals surface area contributed by atoms with Gasteiger partial charge in [0.2, 0.25) is 10.0 Å². The predicted molar refractivity (Wildman–Crippen MR) is 55.6 cm³/mol. The number of benzene rings is 1. The molecule has 0 fully saturated rings. The van der Waals surface area contributed by atoms with Crippen LogP contribution in [-0.2, 0) is 10.0 Å². The first kappa shape index (κ1) is 10.8.